The van der Waals surface area contributed by atoms with Crippen LogP contribution in [0.3, 0.4) is 0 Å². The van der Waals surface area contributed by atoms with Gasteiger partial charge in [0.1, 0.15) is 6.04 Å². The summed E-state index contributed by atoms with van der Waals surface area (Å²) in [5.74, 6) is -0.733. The molecule has 1 rings (SSSR count). The minimum absolute atomic E-state index is 0. The van der Waals surface area contributed by atoms with E-state index in [1.807, 2.05) is 6.92 Å². The summed E-state index contributed by atoms with van der Waals surface area (Å²) in [7, 11) is 0. The summed E-state index contributed by atoms with van der Waals surface area (Å²) in [6, 6.07) is 0.126. The number of aliphatic carboxylic acids is 1. The fraction of sp³-hybridized carbons (Fsp3) is 0.800. The second kappa shape index (κ2) is 3.03. The Kier molecular flexibility index (Phi) is 2.94. The highest BCUT2D eigenvalue weighted by Crippen LogP contribution is 2.09. The van der Waals surface area contributed by atoms with Gasteiger partial charge < -0.3 is 10.4 Å². The Morgan fingerprint density at radius 2 is 2.22 bits per heavy atom. The number of rotatable bonds is 1. The zero-order chi connectivity index (χ0) is 6.15. The van der Waals surface area contributed by atoms with Gasteiger partial charge in [0, 0.05) is 6.04 Å². The molecule has 2 N–H and O–H groups in total. The Hall–Kier alpha value is -0.280. The largest absolute Gasteiger partial charge is 0.480 e. The molecular weight excluding hydrogens is 142 g/mol. The highest BCUT2D eigenvalue weighted by Gasteiger charge is 2.29. The van der Waals surface area contributed by atoms with Gasteiger partial charge in [-0.3, -0.25) is 4.79 Å². The van der Waals surface area contributed by atoms with E-state index < -0.39 is 5.97 Å². The van der Waals surface area contributed by atoms with Crippen LogP contribution in [0.15, 0.2) is 0 Å². The van der Waals surface area contributed by atoms with Gasteiger partial charge >= 0.3 is 5.97 Å². The van der Waals surface area contributed by atoms with Crippen LogP contribution in [-0.4, -0.2) is 23.2 Å². The molecule has 0 amide bonds. The predicted molar refractivity (Wildman–Crippen MR) is 35.9 cm³/mol. The molecule has 1 aliphatic heterocycles. The van der Waals surface area contributed by atoms with Crippen LogP contribution in [0.2, 0.25) is 0 Å². The standard InChI is InChI=1S/C5H9NO2.ClH/c1-3-2-4(6-3)5(7)8;/h3-4,6H,2H2,1H3,(H,7,8);1H/t3-,4+;/m1./s1. The van der Waals surface area contributed by atoms with Crippen molar-refractivity contribution in [2.45, 2.75) is 25.4 Å². The van der Waals surface area contributed by atoms with Crippen molar-refractivity contribution >= 4 is 18.4 Å². The van der Waals surface area contributed by atoms with E-state index in [1.54, 1.807) is 0 Å². The van der Waals surface area contributed by atoms with Crippen molar-refractivity contribution in [2.75, 3.05) is 0 Å². The third-order valence-electron chi connectivity index (χ3n) is 1.37. The fourth-order valence-electron chi connectivity index (χ4n) is 0.845. The zero-order valence-electron chi connectivity index (χ0n) is 5.13. The third kappa shape index (κ3) is 1.84. The number of hydrogen-bond donors (Lipinski definition) is 2. The minimum Gasteiger partial charge on any atom is -0.480 e. The molecule has 2 atom stereocenters. The van der Waals surface area contributed by atoms with Gasteiger partial charge in [0.25, 0.3) is 0 Å². The SMILES string of the molecule is C[C@@H]1C[C@@H](C(=O)O)N1.Cl. The summed E-state index contributed by atoms with van der Waals surface area (Å²) < 4.78 is 0. The van der Waals surface area contributed by atoms with Crippen LogP contribution < -0.4 is 5.32 Å². The average Bonchev–Trinajstić information content (AvgIpc) is 1.57. The predicted octanol–water partition coefficient (Wildman–Crippen LogP) is 0.243. The molecule has 0 bridgehead atoms. The molecular formula is C5H10ClNO2. The molecule has 0 aromatic carbocycles. The van der Waals surface area contributed by atoms with Gasteiger partial charge in [0.2, 0.25) is 0 Å². The second-order valence-corrected chi connectivity index (χ2v) is 2.19. The molecule has 0 saturated carbocycles. The Morgan fingerprint density at radius 3 is 2.33 bits per heavy atom. The van der Waals surface area contributed by atoms with Gasteiger partial charge in [-0.05, 0) is 13.3 Å². The van der Waals surface area contributed by atoms with Crippen molar-refractivity contribution < 1.29 is 9.90 Å². The Morgan fingerprint density at radius 1 is 1.78 bits per heavy atom. The molecule has 3 nitrogen and oxygen atoms in total. The number of hydrogen-bond acceptors (Lipinski definition) is 2. The number of carboxylic acid groups (broad SMARTS) is 1. The fourth-order valence-corrected chi connectivity index (χ4v) is 0.845. The first-order chi connectivity index (χ1) is 3.70. The molecule has 0 aromatic rings. The average molecular weight is 152 g/mol. The van der Waals surface area contributed by atoms with Crippen LogP contribution in [-0.2, 0) is 4.79 Å². The van der Waals surface area contributed by atoms with Crippen molar-refractivity contribution in [3.63, 3.8) is 0 Å². The zero-order valence-corrected chi connectivity index (χ0v) is 5.94. The highest BCUT2D eigenvalue weighted by molar-refractivity contribution is 5.85. The molecule has 4 heteroatoms. The summed E-state index contributed by atoms with van der Waals surface area (Å²) in [5.41, 5.74) is 0. The van der Waals surface area contributed by atoms with Crippen molar-refractivity contribution in [3.05, 3.63) is 0 Å². The van der Waals surface area contributed by atoms with Crippen LogP contribution in [0.4, 0.5) is 0 Å². The maximum Gasteiger partial charge on any atom is 0.320 e. The topological polar surface area (TPSA) is 49.3 Å². The summed E-state index contributed by atoms with van der Waals surface area (Å²) in [5, 5.41) is 11.1. The number of nitrogens with one attached hydrogen (secondary N) is 1. The van der Waals surface area contributed by atoms with Crippen LogP contribution in [0.25, 0.3) is 0 Å². The van der Waals surface area contributed by atoms with Crippen LogP contribution in [0.1, 0.15) is 13.3 Å². The molecule has 1 aliphatic rings. The van der Waals surface area contributed by atoms with Gasteiger partial charge in [0.05, 0.1) is 0 Å². The lowest BCUT2D eigenvalue weighted by Crippen LogP contribution is -2.54. The molecule has 0 unspecified atom stereocenters. The van der Waals surface area contributed by atoms with Gasteiger partial charge in [-0.2, -0.15) is 0 Å². The Bertz CT molecular complexity index is 112. The molecule has 1 fully saturated rings. The Labute approximate surface area is 59.9 Å². The summed E-state index contributed by atoms with van der Waals surface area (Å²) in [6.07, 6.45) is 0.773. The first-order valence-corrected chi connectivity index (χ1v) is 2.69. The van der Waals surface area contributed by atoms with Crippen LogP contribution in [0.5, 0.6) is 0 Å². The monoisotopic (exact) mass is 151 g/mol. The molecule has 0 aliphatic carbocycles. The van der Waals surface area contributed by atoms with Gasteiger partial charge in [0.15, 0.2) is 0 Å². The third-order valence-corrected chi connectivity index (χ3v) is 1.37. The van der Waals surface area contributed by atoms with Crippen molar-refractivity contribution in [2.24, 2.45) is 0 Å². The maximum absolute atomic E-state index is 10.1. The first kappa shape index (κ1) is 8.72. The molecule has 9 heavy (non-hydrogen) atoms. The van der Waals surface area contributed by atoms with Crippen LogP contribution in [0, 0.1) is 0 Å². The van der Waals surface area contributed by atoms with E-state index in [4.69, 9.17) is 5.11 Å². The van der Waals surface area contributed by atoms with E-state index in [9.17, 15) is 4.79 Å². The number of halogens is 1. The quantitative estimate of drug-likeness (QED) is 0.565. The minimum atomic E-state index is -0.733. The van der Waals surface area contributed by atoms with Crippen molar-refractivity contribution in [1.82, 2.24) is 5.32 Å². The van der Waals surface area contributed by atoms with Gasteiger partial charge in [-0.25, -0.2) is 0 Å². The van der Waals surface area contributed by atoms with E-state index in [-0.39, 0.29) is 18.4 Å². The lowest BCUT2D eigenvalue weighted by Gasteiger charge is -2.30. The van der Waals surface area contributed by atoms with E-state index in [2.05, 4.69) is 5.32 Å². The molecule has 0 aromatic heterocycles. The van der Waals surface area contributed by atoms with E-state index in [0.29, 0.717) is 6.04 Å². The lowest BCUT2D eigenvalue weighted by atomic mass is 9.99. The molecule has 0 spiro atoms. The normalized spacial score (nSPS) is 32.1. The molecule has 1 heterocycles. The second-order valence-electron chi connectivity index (χ2n) is 2.19. The van der Waals surface area contributed by atoms with E-state index >= 15 is 0 Å². The Balaban J connectivity index is 0.000000640. The molecule has 54 valence electrons. The van der Waals surface area contributed by atoms with Gasteiger partial charge in [-0.15, -0.1) is 12.4 Å². The number of carboxylic acids is 1. The summed E-state index contributed by atoms with van der Waals surface area (Å²) in [6.45, 7) is 1.97. The first-order valence-electron chi connectivity index (χ1n) is 2.69. The summed E-state index contributed by atoms with van der Waals surface area (Å²) in [4.78, 5) is 10.1. The highest BCUT2D eigenvalue weighted by atomic mass is 35.5. The van der Waals surface area contributed by atoms with Crippen molar-refractivity contribution in [3.8, 4) is 0 Å². The van der Waals surface area contributed by atoms with Crippen molar-refractivity contribution in [1.29, 1.82) is 0 Å². The molecule has 0 radical (unpaired) electrons. The summed E-state index contributed by atoms with van der Waals surface area (Å²) >= 11 is 0. The smallest absolute Gasteiger partial charge is 0.320 e. The molecule has 1 saturated heterocycles. The van der Waals surface area contributed by atoms with Gasteiger partial charge in [-0.1, -0.05) is 0 Å². The lowest BCUT2D eigenvalue weighted by molar-refractivity contribution is -0.142. The number of carbonyl (C=O) groups is 1. The maximum atomic E-state index is 10.1. The van der Waals surface area contributed by atoms with E-state index in [0.717, 1.165) is 6.42 Å². The van der Waals surface area contributed by atoms with E-state index in [1.165, 1.54) is 0 Å². The van der Waals surface area contributed by atoms with Crippen LogP contribution >= 0.6 is 12.4 Å².